The van der Waals surface area contributed by atoms with Gasteiger partial charge in [0.05, 0.1) is 12.7 Å². The zero-order chi connectivity index (χ0) is 13.0. The van der Waals surface area contributed by atoms with Gasteiger partial charge in [-0.1, -0.05) is 0 Å². The fourth-order valence-corrected chi connectivity index (χ4v) is 1.61. The van der Waals surface area contributed by atoms with E-state index in [0.717, 1.165) is 0 Å². The topological polar surface area (TPSA) is 60.5 Å². The van der Waals surface area contributed by atoms with Gasteiger partial charge in [0.15, 0.2) is 0 Å². The molecule has 1 N–H and O–H groups in total. The average molecular weight is 267 g/mol. The van der Waals surface area contributed by atoms with Crippen LogP contribution in [-0.4, -0.2) is 23.2 Å². The summed E-state index contributed by atoms with van der Waals surface area (Å²) in [5.41, 5.74) is 0.321. The Balaban J connectivity index is 2.12. The first kappa shape index (κ1) is 12.4. The average Bonchev–Trinajstić information content (AvgIpc) is 2.39. The molecule has 1 aromatic heterocycles. The van der Waals surface area contributed by atoms with E-state index < -0.39 is 11.2 Å². The van der Waals surface area contributed by atoms with Gasteiger partial charge >= 0.3 is 5.97 Å². The molecule has 6 heteroatoms. The maximum atomic E-state index is 11.8. The van der Waals surface area contributed by atoms with Gasteiger partial charge in [-0.25, -0.2) is 4.79 Å². The Morgan fingerprint density at radius 3 is 3.06 bits per heavy atom. The highest BCUT2D eigenvalue weighted by atomic mass is 35.5. The number of hydrogen-bond donors (Lipinski definition) is 1. The van der Waals surface area contributed by atoms with E-state index in [1.807, 2.05) is 0 Å². The molecule has 0 radical (unpaired) electrons. The lowest BCUT2D eigenvalue weighted by Gasteiger charge is -2.26. The quantitative estimate of drug-likeness (QED) is 0.513. The molecule has 18 heavy (non-hydrogen) atoms. The molecule has 0 saturated heterocycles. The van der Waals surface area contributed by atoms with Gasteiger partial charge in [0.25, 0.3) is 5.18 Å². The fourth-order valence-electron chi connectivity index (χ4n) is 1.37. The van der Waals surface area contributed by atoms with Crippen molar-refractivity contribution in [3.05, 3.63) is 54.2 Å². The van der Waals surface area contributed by atoms with Crippen molar-refractivity contribution in [1.82, 2.24) is 10.3 Å². The number of dihydropyridines is 1. The number of methoxy groups -OCH3 is 1. The zero-order valence-corrected chi connectivity index (χ0v) is 10.3. The molecule has 0 amide bonds. The Labute approximate surface area is 109 Å². The number of allylic oxidation sites excluding steroid dienone is 1. The van der Waals surface area contributed by atoms with Gasteiger partial charge in [0.1, 0.15) is 5.76 Å². The lowest BCUT2D eigenvalue weighted by molar-refractivity contribution is 0.0235. The van der Waals surface area contributed by atoms with Crippen LogP contribution in [0.3, 0.4) is 0 Å². The Morgan fingerprint density at radius 1 is 1.56 bits per heavy atom. The van der Waals surface area contributed by atoms with Crippen molar-refractivity contribution >= 4 is 17.6 Å². The van der Waals surface area contributed by atoms with Crippen molar-refractivity contribution in [1.29, 1.82) is 0 Å². The Bertz CT molecular complexity index is 501. The summed E-state index contributed by atoms with van der Waals surface area (Å²) in [6.07, 6.45) is 7.64. The van der Waals surface area contributed by atoms with Crippen LogP contribution in [0.25, 0.3) is 0 Å². The monoisotopic (exact) mass is 266 g/mol. The van der Waals surface area contributed by atoms with Crippen LogP contribution in [0, 0.1) is 0 Å². The first-order valence-corrected chi connectivity index (χ1v) is 5.54. The number of rotatable bonds is 3. The van der Waals surface area contributed by atoms with Gasteiger partial charge < -0.3 is 14.8 Å². The molecule has 5 nitrogen and oxygen atoms in total. The molecule has 0 aromatic carbocycles. The third-order valence-corrected chi connectivity index (χ3v) is 2.53. The summed E-state index contributed by atoms with van der Waals surface area (Å²) in [6, 6.07) is 3.23. The summed E-state index contributed by atoms with van der Waals surface area (Å²) >= 11 is 6.11. The first-order valence-electron chi connectivity index (χ1n) is 5.16. The van der Waals surface area contributed by atoms with Gasteiger partial charge in [-0.3, -0.25) is 4.98 Å². The van der Waals surface area contributed by atoms with Crippen LogP contribution in [0.2, 0.25) is 0 Å². The van der Waals surface area contributed by atoms with Crippen molar-refractivity contribution < 1.29 is 14.3 Å². The molecule has 0 bridgehead atoms. The molecule has 1 unspecified atom stereocenters. The van der Waals surface area contributed by atoms with Crippen molar-refractivity contribution in [2.45, 2.75) is 5.18 Å². The van der Waals surface area contributed by atoms with Crippen molar-refractivity contribution in [2.24, 2.45) is 0 Å². The number of halogens is 1. The van der Waals surface area contributed by atoms with E-state index in [9.17, 15) is 4.79 Å². The number of carbonyl (C=O) groups excluding carboxylic acids is 1. The molecular formula is C12H11ClN2O3. The molecule has 0 fully saturated rings. The number of esters is 1. The van der Waals surface area contributed by atoms with Crippen LogP contribution in [0.4, 0.5) is 0 Å². The van der Waals surface area contributed by atoms with Gasteiger partial charge in [0.2, 0.25) is 0 Å². The van der Waals surface area contributed by atoms with E-state index in [0.29, 0.717) is 11.3 Å². The second kappa shape index (κ2) is 5.10. The highest BCUT2D eigenvalue weighted by Crippen LogP contribution is 2.23. The summed E-state index contributed by atoms with van der Waals surface area (Å²) in [7, 11) is 1.50. The standard InChI is InChI=1S/C12H11ClN2O3/c1-17-10-4-6-15-12(13,7-10)18-11(16)9-3-2-5-14-8-9/h2-8,15H,1H3. The molecule has 1 atom stereocenters. The predicted molar refractivity (Wildman–Crippen MR) is 65.6 cm³/mol. The van der Waals surface area contributed by atoms with E-state index in [4.69, 9.17) is 21.1 Å². The Kier molecular flexibility index (Phi) is 3.53. The minimum atomic E-state index is -1.45. The Hall–Kier alpha value is -2.01. The minimum absolute atomic E-state index is 0.321. The fraction of sp³-hybridized carbons (Fsp3) is 0.167. The van der Waals surface area contributed by atoms with E-state index in [2.05, 4.69) is 10.3 Å². The van der Waals surface area contributed by atoms with Crippen LogP contribution < -0.4 is 5.32 Å². The summed E-state index contributed by atoms with van der Waals surface area (Å²) in [6.45, 7) is 0. The van der Waals surface area contributed by atoms with E-state index in [1.165, 1.54) is 19.4 Å². The van der Waals surface area contributed by atoms with Gasteiger partial charge in [-0.15, -0.1) is 0 Å². The number of ether oxygens (including phenoxy) is 2. The maximum Gasteiger partial charge on any atom is 0.342 e. The van der Waals surface area contributed by atoms with Crippen LogP contribution in [0.15, 0.2) is 48.6 Å². The van der Waals surface area contributed by atoms with Crippen LogP contribution in [-0.2, 0) is 9.47 Å². The lowest BCUT2D eigenvalue weighted by Crippen LogP contribution is -2.41. The number of carbonyl (C=O) groups is 1. The maximum absolute atomic E-state index is 11.8. The first-order chi connectivity index (χ1) is 8.63. The summed E-state index contributed by atoms with van der Waals surface area (Å²) in [4.78, 5) is 15.7. The molecular weight excluding hydrogens is 256 g/mol. The molecule has 0 spiro atoms. The van der Waals surface area contributed by atoms with Crippen LogP contribution in [0.5, 0.6) is 0 Å². The van der Waals surface area contributed by atoms with Gasteiger partial charge in [-0.2, -0.15) is 0 Å². The number of alkyl halides is 1. The van der Waals surface area contributed by atoms with Crippen LogP contribution >= 0.6 is 11.6 Å². The summed E-state index contributed by atoms with van der Waals surface area (Å²) in [5, 5.41) is 1.27. The van der Waals surface area contributed by atoms with Crippen molar-refractivity contribution in [3.8, 4) is 0 Å². The van der Waals surface area contributed by atoms with E-state index in [1.54, 1.807) is 30.6 Å². The van der Waals surface area contributed by atoms with E-state index in [-0.39, 0.29) is 0 Å². The molecule has 2 rings (SSSR count). The van der Waals surface area contributed by atoms with Gasteiger partial charge in [-0.05, 0) is 29.8 Å². The summed E-state index contributed by atoms with van der Waals surface area (Å²) < 4.78 is 10.2. The number of aromatic nitrogens is 1. The molecule has 2 heterocycles. The predicted octanol–water partition coefficient (Wildman–Crippen LogP) is 1.78. The molecule has 1 aliphatic heterocycles. The lowest BCUT2D eigenvalue weighted by atomic mass is 10.3. The highest BCUT2D eigenvalue weighted by molar-refractivity contribution is 6.25. The molecule has 0 saturated carbocycles. The molecule has 1 aliphatic rings. The van der Waals surface area contributed by atoms with Gasteiger partial charge in [0, 0.05) is 24.7 Å². The summed E-state index contributed by atoms with van der Waals surface area (Å²) in [5.74, 6) is -0.0738. The zero-order valence-electron chi connectivity index (χ0n) is 9.59. The van der Waals surface area contributed by atoms with Crippen molar-refractivity contribution in [2.75, 3.05) is 7.11 Å². The number of nitrogens with one attached hydrogen (secondary N) is 1. The number of hydrogen-bond acceptors (Lipinski definition) is 5. The molecule has 0 aliphatic carbocycles. The number of nitrogens with zero attached hydrogens (tertiary/aromatic N) is 1. The highest BCUT2D eigenvalue weighted by Gasteiger charge is 2.31. The third-order valence-electron chi connectivity index (χ3n) is 2.23. The minimum Gasteiger partial charge on any atom is -0.497 e. The third kappa shape index (κ3) is 2.81. The van der Waals surface area contributed by atoms with Crippen molar-refractivity contribution in [3.63, 3.8) is 0 Å². The largest absolute Gasteiger partial charge is 0.497 e. The molecule has 1 aromatic rings. The molecule has 94 valence electrons. The second-order valence-corrected chi connectivity index (χ2v) is 4.07. The van der Waals surface area contributed by atoms with Crippen LogP contribution in [0.1, 0.15) is 10.4 Å². The second-order valence-electron chi connectivity index (χ2n) is 3.50. The smallest absolute Gasteiger partial charge is 0.342 e. The Morgan fingerprint density at radius 2 is 2.39 bits per heavy atom. The van der Waals surface area contributed by atoms with E-state index >= 15 is 0 Å². The number of pyridine rings is 1. The SMILES string of the molecule is COC1=CC(Cl)(OC(=O)c2cccnc2)NC=C1. The normalized spacial score (nSPS) is 21.8.